The van der Waals surface area contributed by atoms with Crippen LogP contribution in [0.4, 0.5) is 17.5 Å². The predicted molar refractivity (Wildman–Crippen MR) is 107 cm³/mol. The lowest BCUT2D eigenvalue weighted by atomic mass is 10.1. The van der Waals surface area contributed by atoms with E-state index in [1.807, 2.05) is 49.4 Å². The zero-order valence-electron chi connectivity index (χ0n) is 14.7. The van der Waals surface area contributed by atoms with Gasteiger partial charge in [-0.3, -0.25) is 0 Å². The molecule has 0 saturated heterocycles. The standard InChI is InChI=1S/C21H21N5/c1-15-13-20(25-17-7-3-2-4-8-17)26-21(24-15)22-12-11-16-14-23-19-10-6-5-9-18(16)19/h2-10,13-14,23H,11-12H2,1H3,(H2,22,24,25,26). The normalized spacial score (nSPS) is 10.8. The Morgan fingerprint density at radius 3 is 2.65 bits per heavy atom. The summed E-state index contributed by atoms with van der Waals surface area (Å²) in [6.07, 6.45) is 2.98. The molecule has 5 nitrogen and oxygen atoms in total. The molecule has 0 radical (unpaired) electrons. The smallest absolute Gasteiger partial charge is 0.224 e. The summed E-state index contributed by atoms with van der Waals surface area (Å²) in [7, 11) is 0. The number of anilines is 3. The van der Waals surface area contributed by atoms with Crippen LogP contribution in [-0.4, -0.2) is 21.5 Å². The lowest BCUT2D eigenvalue weighted by molar-refractivity contribution is 0.981. The maximum Gasteiger partial charge on any atom is 0.224 e. The highest BCUT2D eigenvalue weighted by atomic mass is 15.1. The first-order valence-electron chi connectivity index (χ1n) is 8.74. The summed E-state index contributed by atoms with van der Waals surface area (Å²) in [5.41, 5.74) is 4.40. The van der Waals surface area contributed by atoms with Crippen LogP contribution in [0, 0.1) is 6.92 Å². The highest BCUT2D eigenvalue weighted by Crippen LogP contribution is 2.19. The molecular formula is C21H21N5. The molecule has 0 aliphatic rings. The van der Waals surface area contributed by atoms with Crippen LogP contribution in [0.3, 0.4) is 0 Å². The SMILES string of the molecule is Cc1cc(Nc2ccccc2)nc(NCCc2c[nH]c3ccccc23)n1. The van der Waals surface area contributed by atoms with Crippen LogP contribution < -0.4 is 10.6 Å². The molecular weight excluding hydrogens is 322 g/mol. The molecule has 0 atom stereocenters. The van der Waals surface area contributed by atoms with Crippen molar-refractivity contribution in [3.05, 3.63) is 78.1 Å². The van der Waals surface area contributed by atoms with E-state index in [1.165, 1.54) is 16.5 Å². The van der Waals surface area contributed by atoms with E-state index in [4.69, 9.17) is 0 Å². The number of nitrogens with one attached hydrogen (secondary N) is 3. The summed E-state index contributed by atoms with van der Waals surface area (Å²) < 4.78 is 0. The highest BCUT2D eigenvalue weighted by molar-refractivity contribution is 5.83. The molecule has 5 heteroatoms. The third-order valence-electron chi connectivity index (χ3n) is 4.25. The number of fused-ring (bicyclic) bond motifs is 1. The van der Waals surface area contributed by atoms with Crippen molar-refractivity contribution in [1.29, 1.82) is 0 Å². The molecule has 4 rings (SSSR count). The van der Waals surface area contributed by atoms with Crippen molar-refractivity contribution >= 4 is 28.4 Å². The van der Waals surface area contributed by atoms with E-state index in [9.17, 15) is 0 Å². The minimum atomic E-state index is 0.642. The van der Waals surface area contributed by atoms with Gasteiger partial charge in [-0.2, -0.15) is 4.98 Å². The van der Waals surface area contributed by atoms with E-state index in [0.717, 1.165) is 30.2 Å². The highest BCUT2D eigenvalue weighted by Gasteiger charge is 2.05. The lowest BCUT2D eigenvalue weighted by Gasteiger charge is -2.10. The second kappa shape index (κ2) is 7.27. The zero-order valence-corrected chi connectivity index (χ0v) is 14.7. The Morgan fingerprint density at radius 1 is 0.962 bits per heavy atom. The van der Waals surface area contributed by atoms with E-state index in [0.29, 0.717) is 5.95 Å². The molecule has 3 N–H and O–H groups in total. The number of para-hydroxylation sites is 2. The van der Waals surface area contributed by atoms with Gasteiger partial charge in [-0.25, -0.2) is 4.98 Å². The van der Waals surface area contributed by atoms with Crippen molar-refractivity contribution in [3.8, 4) is 0 Å². The molecule has 0 spiro atoms. The van der Waals surface area contributed by atoms with Crippen molar-refractivity contribution in [3.63, 3.8) is 0 Å². The molecule has 0 bridgehead atoms. The van der Waals surface area contributed by atoms with Crippen molar-refractivity contribution in [1.82, 2.24) is 15.0 Å². The van der Waals surface area contributed by atoms with Gasteiger partial charge in [0.05, 0.1) is 0 Å². The Hall–Kier alpha value is -3.34. The van der Waals surface area contributed by atoms with Crippen molar-refractivity contribution in [2.24, 2.45) is 0 Å². The van der Waals surface area contributed by atoms with Crippen LogP contribution in [0.1, 0.15) is 11.3 Å². The van der Waals surface area contributed by atoms with Crippen LogP contribution in [0.5, 0.6) is 0 Å². The zero-order chi connectivity index (χ0) is 17.8. The Kier molecular flexibility index (Phi) is 4.51. The Morgan fingerprint density at radius 2 is 1.77 bits per heavy atom. The van der Waals surface area contributed by atoms with Gasteiger partial charge in [0.15, 0.2) is 0 Å². The van der Waals surface area contributed by atoms with Gasteiger partial charge < -0.3 is 15.6 Å². The number of rotatable bonds is 6. The fourth-order valence-corrected chi connectivity index (χ4v) is 3.03. The topological polar surface area (TPSA) is 65.6 Å². The maximum absolute atomic E-state index is 4.57. The summed E-state index contributed by atoms with van der Waals surface area (Å²) >= 11 is 0. The van der Waals surface area contributed by atoms with Gasteiger partial charge in [-0.05, 0) is 37.1 Å². The average molecular weight is 343 g/mol. The minimum absolute atomic E-state index is 0.642. The molecule has 0 amide bonds. The third-order valence-corrected chi connectivity index (χ3v) is 4.25. The van der Waals surface area contributed by atoms with Gasteiger partial charge in [0.25, 0.3) is 0 Å². The number of nitrogens with zero attached hydrogens (tertiary/aromatic N) is 2. The fourth-order valence-electron chi connectivity index (χ4n) is 3.03. The predicted octanol–water partition coefficient (Wildman–Crippen LogP) is 4.66. The fraction of sp³-hybridized carbons (Fsp3) is 0.143. The molecule has 2 heterocycles. The van der Waals surface area contributed by atoms with Gasteiger partial charge in [-0.15, -0.1) is 0 Å². The van der Waals surface area contributed by atoms with Crippen LogP contribution in [0.25, 0.3) is 10.9 Å². The van der Waals surface area contributed by atoms with E-state index < -0.39 is 0 Å². The lowest BCUT2D eigenvalue weighted by Crippen LogP contribution is -2.09. The quantitative estimate of drug-likeness (QED) is 0.476. The van der Waals surface area contributed by atoms with E-state index in [1.54, 1.807) is 0 Å². The van der Waals surface area contributed by atoms with E-state index in [-0.39, 0.29) is 0 Å². The number of hydrogen-bond donors (Lipinski definition) is 3. The Bertz CT molecular complexity index is 1010. The summed E-state index contributed by atoms with van der Waals surface area (Å²) in [6.45, 7) is 2.75. The molecule has 26 heavy (non-hydrogen) atoms. The molecule has 2 aromatic heterocycles. The molecule has 2 aromatic carbocycles. The van der Waals surface area contributed by atoms with Crippen molar-refractivity contribution < 1.29 is 0 Å². The summed E-state index contributed by atoms with van der Waals surface area (Å²) in [5.74, 6) is 1.43. The molecule has 0 unspecified atom stereocenters. The second-order valence-electron chi connectivity index (χ2n) is 6.25. The number of aromatic nitrogens is 3. The van der Waals surface area contributed by atoms with Crippen LogP contribution in [-0.2, 0) is 6.42 Å². The number of H-pyrrole nitrogens is 1. The number of aryl methyl sites for hydroxylation is 1. The van der Waals surface area contributed by atoms with Gasteiger partial charge in [0.2, 0.25) is 5.95 Å². The second-order valence-corrected chi connectivity index (χ2v) is 6.25. The first-order valence-corrected chi connectivity index (χ1v) is 8.74. The molecule has 0 fully saturated rings. The van der Waals surface area contributed by atoms with Gasteiger partial charge in [0.1, 0.15) is 5.82 Å². The molecule has 4 aromatic rings. The molecule has 130 valence electrons. The van der Waals surface area contributed by atoms with Crippen molar-refractivity contribution in [2.45, 2.75) is 13.3 Å². The summed E-state index contributed by atoms with van der Waals surface area (Å²) in [5, 5.41) is 7.93. The number of benzene rings is 2. The molecule has 0 aliphatic heterocycles. The van der Waals surface area contributed by atoms with Crippen molar-refractivity contribution in [2.75, 3.05) is 17.2 Å². The Labute approximate surface area is 152 Å². The van der Waals surface area contributed by atoms with Crippen LogP contribution in [0.15, 0.2) is 66.9 Å². The largest absolute Gasteiger partial charge is 0.361 e. The average Bonchev–Trinajstić information content (AvgIpc) is 3.05. The summed E-state index contributed by atoms with van der Waals surface area (Å²) in [6, 6.07) is 20.3. The van der Waals surface area contributed by atoms with Gasteiger partial charge in [0, 0.05) is 41.1 Å². The number of hydrogen-bond acceptors (Lipinski definition) is 4. The molecule has 0 saturated carbocycles. The maximum atomic E-state index is 4.57. The monoisotopic (exact) mass is 343 g/mol. The van der Waals surface area contributed by atoms with Crippen LogP contribution >= 0.6 is 0 Å². The molecule has 0 aliphatic carbocycles. The number of aromatic amines is 1. The van der Waals surface area contributed by atoms with E-state index in [2.05, 4.69) is 50.0 Å². The minimum Gasteiger partial charge on any atom is -0.361 e. The Balaban J connectivity index is 1.43. The summed E-state index contributed by atoms with van der Waals surface area (Å²) in [4.78, 5) is 12.4. The van der Waals surface area contributed by atoms with Gasteiger partial charge in [-0.1, -0.05) is 36.4 Å². The van der Waals surface area contributed by atoms with Gasteiger partial charge >= 0.3 is 0 Å². The van der Waals surface area contributed by atoms with E-state index >= 15 is 0 Å². The third kappa shape index (κ3) is 3.67. The first-order chi connectivity index (χ1) is 12.8. The van der Waals surface area contributed by atoms with Crippen LogP contribution in [0.2, 0.25) is 0 Å². The first kappa shape index (κ1) is 16.1.